The second kappa shape index (κ2) is 4.56. The van der Waals surface area contributed by atoms with E-state index in [4.69, 9.17) is 0 Å². The van der Waals surface area contributed by atoms with Crippen LogP contribution >= 0.6 is 0 Å². The fourth-order valence-electron chi connectivity index (χ4n) is 1.26. The van der Waals surface area contributed by atoms with Gasteiger partial charge >= 0.3 is 5.69 Å². The number of pyridine rings is 1. The van der Waals surface area contributed by atoms with E-state index in [1.54, 1.807) is 13.0 Å². The molecule has 0 atom stereocenters. The van der Waals surface area contributed by atoms with Crippen LogP contribution in [0.2, 0.25) is 0 Å². The van der Waals surface area contributed by atoms with E-state index in [2.05, 4.69) is 25.0 Å². The molecule has 0 aliphatic carbocycles. The number of rotatable bonds is 4. The molecule has 0 fully saturated rings. The third-order valence-corrected chi connectivity index (χ3v) is 2.03. The van der Waals surface area contributed by atoms with E-state index in [1.807, 2.05) is 0 Å². The first-order valence-corrected chi connectivity index (χ1v) is 4.78. The van der Waals surface area contributed by atoms with E-state index in [0.717, 1.165) is 0 Å². The molecule has 0 radical (unpaired) electrons. The van der Waals surface area contributed by atoms with Crippen LogP contribution in [-0.4, -0.2) is 20.0 Å². The van der Waals surface area contributed by atoms with Gasteiger partial charge in [-0.05, 0) is 13.0 Å². The third-order valence-electron chi connectivity index (χ3n) is 2.03. The Bertz CT molecular complexity index is 525. The predicted molar refractivity (Wildman–Crippen MR) is 57.3 cm³/mol. The van der Waals surface area contributed by atoms with Crippen molar-refractivity contribution in [1.82, 2.24) is 15.1 Å². The monoisotopic (exact) mass is 235 g/mol. The Morgan fingerprint density at radius 1 is 1.53 bits per heavy atom. The zero-order valence-corrected chi connectivity index (χ0v) is 8.95. The van der Waals surface area contributed by atoms with Crippen molar-refractivity contribution < 1.29 is 9.45 Å². The van der Waals surface area contributed by atoms with E-state index in [-0.39, 0.29) is 18.1 Å². The molecular weight excluding hydrogens is 226 g/mol. The molecule has 2 aromatic heterocycles. The lowest BCUT2D eigenvalue weighted by Gasteiger charge is -2.04. The Balaban J connectivity index is 2.19. The highest BCUT2D eigenvalue weighted by atomic mass is 16.6. The standard InChI is InChI=1S/C9H9N5O3/c1-6-2-3-7(14(15)16)9(12-6)10-4-8-11-5-17-13-8/h2-3,5H,4H2,1H3,(H,10,12). The minimum absolute atomic E-state index is 0.0842. The maximum absolute atomic E-state index is 10.8. The van der Waals surface area contributed by atoms with Gasteiger partial charge in [0.2, 0.25) is 12.2 Å². The lowest BCUT2D eigenvalue weighted by Crippen LogP contribution is -2.06. The molecule has 8 nitrogen and oxygen atoms in total. The summed E-state index contributed by atoms with van der Waals surface area (Å²) in [6, 6.07) is 2.98. The summed E-state index contributed by atoms with van der Waals surface area (Å²) in [6.07, 6.45) is 1.19. The summed E-state index contributed by atoms with van der Waals surface area (Å²) >= 11 is 0. The number of hydrogen-bond donors (Lipinski definition) is 1. The van der Waals surface area contributed by atoms with Crippen molar-refractivity contribution >= 4 is 11.5 Å². The van der Waals surface area contributed by atoms with E-state index in [0.29, 0.717) is 11.5 Å². The van der Waals surface area contributed by atoms with Crippen molar-refractivity contribution in [2.75, 3.05) is 5.32 Å². The summed E-state index contributed by atoms with van der Waals surface area (Å²) in [5.74, 6) is 0.599. The number of aryl methyl sites for hydroxylation is 1. The van der Waals surface area contributed by atoms with Gasteiger partial charge in [-0.2, -0.15) is 4.98 Å². The van der Waals surface area contributed by atoms with Crippen molar-refractivity contribution in [3.05, 3.63) is 40.2 Å². The minimum Gasteiger partial charge on any atom is -0.357 e. The molecule has 2 aromatic rings. The number of hydrogen-bond acceptors (Lipinski definition) is 7. The fourth-order valence-corrected chi connectivity index (χ4v) is 1.26. The quantitative estimate of drug-likeness (QED) is 0.628. The van der Waals surface area contributed by atoms with Crippen LogP contribution in [0.25, 0.3) is 0 Å². The van der Waals surface area contributed by atoms with Crippen LogP contribution in [0.3, 0.4) is 0 Å². The number of nitrogens with one attached hydrogen (secondary N) is 1. The van der Waals surface area contributed by atoms with E-state index in [9.17, 15) is 10.1 Å². The molecule has 2 rings (SSSR count). The van der Waals surface area contributed by atoms with Crippen molar-refractivity contribution in [1.29, 1.82) is 0 Å². The predicted octanol–water partition coefficient (Wildman–Crippen LogP) is 1.29. The first-order chi connectivity index (χ1) is 8.16. The SMILES string of the molecule is Cc1ccc([N+](=O)[O-])c(NCc2ncon2)n1. The molecule has 0 unspecified atom stereocenters. The van der Waals surface area contributed by atoms with Gasteiger partial charge in [-0.3, -0.25) is 10.1 Å². The smallest absolute Gasteiger partial charge is 0.311 e. The fraction of sp³-hybridized carbons (Fsp3) is 0.222. The molecule has 0 aromatic carbocycles. The Kier molecular flexibility index (Phi) is 2.95. The van der Waals surface area contributed by atoms with Crippen LogP contribution in [-0.2, 0) is 6.54 Å². The zero-order chi connectivity index (χ0) is 12.3. The highest BCUT2D eigenvalue weighted by molar-refractivity contribution is 5.55. The van der Waals surface area contributed by atoms with Crippen LogP contribution in [0.4, 0.5) is 11.5 Å². The topological polar surface area (TPSA) is 107 Å². The lowest BCUT2D eigenvalue weighted by molar-refractivity contribution is -0.384. The van der Waals surface area contributed by atoms with Gasteiger partial charge in [0.1, 0.15) is 0 Å². The van der Waals surface area contributed by atoms with E-state index in [1.165, 1.54) is 12.5 Å². The molecule has 1 N–H and O–H groups in total. The Morgan fingerprint density at radius 3 is 3.00 bits per heavy atom. The molecule has 0 bridgehead atoms. The third kappa shape index (κ3) is 2.54. The van der Waals surface area contributed by atoms with Gasteiger partial charge in [-0.15, -0.1) is 0 Å². The number of nitro groups is 1. The van der Waals surface area contributed by atoms with Crippen LogP contribution < -0.4 is 5.32 Å². The first-order valence-electron chi connectivity index (χ1n) is 4.78. The summed E-state index contributed by atoms with van der Waals surface area (Å²) in [5, 5.41) is 17.2. The summed E-state index contributed by atoms with van der Waals surface area (Å²) in [5.41, 5.74) is 0.602. The van der Waals surface area contributed by atoms with Gasteiger partial charge in [0.05, 0.1) is 11.5 Å². The Labute approximate surface area is 95.8 Å². The number of aromatic nitrogens is 3. The van der Waals surface area contributed by atoms with Gasteiger partial charge < -0.3 is 9.84 Å². The number of anilines is 1. The van der Waals surface area contributed by atoms with Crippen molar-refractivity contribution in [2.45, 2.75) is 13.5 Å². The van der Waals surface area contributed by atoms with Crippen LogP contribution in [0.5, 0.6) is 0 Å². The van der Waals surface area contributed by atoms with Gasteiger partial charge in [0, 0.05) is 11.8 Å². The van der Waals surface area contributed by atoms with E-state index >= 15 is 0 Å². The minimum atomic E-state index is -0.495. The van der Waals surface area contributed by atoms with Crippen molar-refractivity contribution in [3.8, 4) is 0 Å². The summed E-state index contributed by atoms with van der Waals surface area (Å²) in [7, 11) is 0. The molecule has 0 aliphatic heterocycles. The molecule has 0 saturated carbocycles. The molecule has 0 spiro atoms. The summed E-state index contributed by atoms with van der Waals surface area (Å²) in [4.78, 5) is 18.1. The molecule has 8 heteroatoms. The molecule has 0 amide bonds. The lowest BCUT2D eigenvalue weighted by atomic mass is 10.3. The van der Waals surface area contributed by atoms with Gasteiger partial charge in [0.25, 0.3) is 0 Å². The Hall–Kier alpha value is -2.51. The van der Waals surface area contributed by atoms with Crippen LogP contribution in [0.1, 0.15) is 11.5 Å². The van der Waals surface area contributed by atoms with Gasteiger partial charge in [-0.25, -0.2) is 4.98 Å². The highest BCUT2D eigenvalue weighted by Gasteiger charge is 2.15. The summed E-state index contributed by atoms with van der Waals surface area (Å²) < 4.78 is 4.55. The molecule has 2 heterocycles. The summed E-state index contributed by atoms with van der Waals surface area (Å²) in [6.45, 7) is 1.97. The molecular formula is C9H9N5O3. The second-order valence-corrected chi connectivity index (χ2v) is 3.28. The molecule has 88 valence electrons. The molecule has 0 saturated heterocycles. The van der Waals surface area contributed by atoms with Crippen molar-refractivity contribution in [2.24, 2.45) is 0 Å². The van der Waals surface area contributed by atoms with Crippen LogP contribution in [0, 0.1) is 17.0 Å². The van der Waals surface area contributed by atoms with Crippen LogP contribution in [0.15, 0.2) is 23.0 Å². The zero-order valence-electron chi connectivity index (χ0n) is 8.95. The Morgan fingerprint density at radius 2 is 2.35 bits per heavy atom. The normalized spacial score (nSPS) is 10.2. The second-order valence-electron chi connectivity index (χ2n) is 3.28. The first kappa shape index (κ1) is 11.0. The van der Waals surface area contributed by atoms with Crippen molar-refractivity contribution in [3.63, 3.8) is 0 Å². The van der Waals surface area contributed by atoms with Gasteiger partial charge in [-0.1, -0.05) is 5.16 Å². The van der Waals surface area contributed by atoms with Gasteiger partial charge in [0.15, 0.2) is 5.82 Å². The average Bonchev–Trinajstić information content (AvgIpc) is 2.78. The highest BCUT2D eigenvalue weighted by Crippen LogP contribution is 2.22. The average molecular weight is 235 g/mol. The largest absolute Gasteiger partial charge is 0.357 e. The maximum Gasteiger partial charge on any atom is 0.311 e. The van der Waals surface area contributed by atoms with E-state index < -0.39 is 4.92 Å². The maximum atomic E-state index is 10.8. The number of nitrogens with zero attached hydrogens (tertiary/aromatic N) is 4. The molecule has 17 heavy (non-hydrogen) atoms. The molecule has 0 aliphatic rings.